The Balaban J connectivity index is 1.64. The van der Waals surface area contributed by atoms with Gasteiger partial charge in [-0.25, -0.2) is 0 Å². The smallest absolute Gasteiger partial charge is 0.263 e. The van der Waals surface area contributed by atoms with Crippen LogP contribution in [0.4, 0.5) is 0 Å². The first kappa shape index (κ1) is 16.4. The topological polar surface area (TPSA) is 64.9 Å². The summed E-state index contributed by atoms with van der Waals surface area (Å²) in [5.41, 5.74) is 0.571. The fourth-order valence-electron chi connectivity index (χ4n) is 5.58. The van der Waals surface area contributed by atoms with Crippen LogP contribution < -0.4 is 10.6 Å². The van der Waals surface area contributed by atoms with E-state index in [1.807, 2.05) is 13.0 Å². The average Bonchev–Trinajstić information content (AvgIpc) is 2.51. The number of hydrogen-bond donors (Lipinski definition) is 2. The van der Waals surface area contributed by atoms with Crippen molar-refractivity contribution in [2.45, 2.75) is 64.8 Å². The minimum atomic E-state index is -0.264. The third-order valence-corrected chi connectivity index (χ3v) is 6.38. The molecule has 0 spiro atoms. The number of carbonyl (C=O) groups is 1. The van der Waals surface area contributed by atoms with Crippen molar-refractivity contribution in [2.75, 3.05) is 6.54 Å². The number of rotatable bonds is 6. The summed E-state index contributed by atoms with van der Waals surface area (Å²) in [5.74, 6) is 2.48. The van der Waals surface area contributed by atoms with Crippen molar-refractivity contribution in [1.82, 2.24) is 10.6 Å². The number of amides is 1. The minimum Gasteiger partial charge on any atom is -0.387 e. The second-order valence-corrected chi connectivity index (χ2v) is 8.09. The summed E-state index contributed by atoms with van der Waals surface area (Å²) in [6, 6.07) is 2.36. The highest BCUT2D eigenvalue weighted by Gasteiger charge is 2.52. The molecular weight excluding hydrogens is 286 g/mol. The van der Waals surface area contributed by atoms with Gasteiger partial charge in [0.1, 0.15) is 11.6 Å². The van der Waals surface area contributed by atoms with Crippen molar-refractivity contribution in [3.05, 3.63) is 11.8 Å². The molecule has 1 unspecified atom stereocenters. The van der Waals surface area contributed by atoms with Crippen LogP contribution in [0.5, 0.6) is 0 Å². The van der Waals surface area contributed by atoms with Crippen LogP contribution in [0.25, 0.3) is 0 Å². The molecule has 126 valence electrons. The molecule has 4 fully saturated rings. The molecule has 0 heterocycles. The summed E-state index contributed by atoms with van der Waals surface area (Å²) >= 11 is 0. The molecule has 0 aromatic rings. The highest BCUT2D eigenvalue weighted by atomic mass is 16.1. The fourth-order valence-corrected chi connectivity index (χ4v) is 5.58. The SMILES string of the molecule is CCCNC(=O)/C(C#N)=C\NC(C)C12CC3CC(CC(C3)C1)C2. The van der Waals surface area contributed by atoms with Crippen LogP contribution in [-0.2, 0) is 4.79 Å². The second kappa shape index (κ2) is 6.55. The molecule has 23 heavy (non-hydrogen) atoms. The maximum absolute atomic E-state index is 12.0. The second-order valence-electron chi connectivity index (χ2n) is 8.09. The van der Waals surface area contributed by atoms with Crippen molar-refractivity contribution in [2.24, 2.45) is 23.2 Å². The van der Waals surface area contributed by atoms with Crippen LogP contribution in [0.3, 0.4) is 0 Å². The van der Waals surface area contributed by atoms with E-state index in [0.29, 0.717) is 18.0 Å². The maximum Gasteiger partial charge on any atom is 0.263 e. The van der Waals surface area contributed by atoms with E-state index in [1.165, 1.54) is 38.5 Å². The van der Waals surface area contributed by atoms with Gasteiger partial charge in [0.15, 0.2) is 0 Å². The first-order chi connectivity index (χ1) is 11.1. The predicted molar refractivity (Wildman–Crippen MR) is 90.2 cm³/mol. The molecule has 4 saturated carbocycles. The summed E-state index contributed by atoms with van der Waals surface area (Å²) in [7, 11) is 0. The van der Waals surface area contributed by atoms with Gasteiger partial charge in [-0.15, -0.1) is 0 Å². The minimum absolute atomic E-state index is 0.190. The van der Waals surface area contributed by atoms with Crippen LogP contribution >= 0.6 is 0 Å². The lowest BCUT2D eigenvalue weighted by Crippen LogP contribution is -2.54. The van der Waals surface area contributed by atoms with Gasteiger partial charge in [-0.1, -0.05) is 6.92 Å². The van der Waals surface area contributed by atoms with Gasteiger partial charge in [0.2, 0.25) is 0 Å². The Morgan fingerprint density at radius 3 is 2.30 bits per heavy atom. The lowest BCUT2D eigenvalue weighted by Gasteiger charge is -2.59. The molecule has 0 saturated heterocycles. The Morgan fingerprint density at radius 1 is 1.26 bits per heavy atom. The lowest BCUT2D eigenvalue weighted by molar-refractivity contribution is -0.117. The lowest BCUT2D eigenvalue weighted by atomic mass is 9.48. The first-order valence-electron chi connectivity index (χ1n) is 9.21. The van der Waals surface area contributed by atoms with Crippen molar-refractivity contribution in [3.63, 3.8) is 0 Å². The van der Waals surface area contributed by atoms with E-state index in [-0.39, 0.29) is 11.5 Å². The summed E-state index contributed by atoms with van der Waals surface area (Å²) in [6.45, 7) is 4.86. The van der Waals surface area contributed by atoms with E-state index in [4.69, 9.17) is 0 Å². The quantitative estimate of drug-likeness (QED) is 0.585. The molecule has 0 aliphatic heterocycles. The van der Waals surface area contributed by atoms with Crippen molar-refractivity contribution in [1.29, 1.82) is 5.26 Å². The monoisotopic (exact) mass is 315 g/mol. The third kappa shape index (κ3) is 3.24. The molecule has 4 nitrogen and oxygen atoms in total. The highest BCUT2D eigenvalue weighted by molar-refractivity contribution is 5.97. The van der Waals surface area contributed by atoms with Gasteiger partial charge in [0.05, 0.1) is 0 Å². The Bertz CT molecular complexity index is 496. The maximum atomic E-state index is 12.0. The molecule has 1 amide bonds. The normalized spacial score (nSPS) is 36.4. The number of nitriles is 1. The van der Waals surface area contributed by atoms with E-state index in [1.54, 1.807) is 6.20 Å². The van der Waals surface area contributed by atoms with Gasteiger partial charge < -0.3 is 10.6 Å². The van der Waals surface area contributed by atoms with Crippen molar-refractivity contribution >= 4 is 5.91 Å². The molecule has 4 heteroatoms. The zero-order valence-corrected chi connectivity index (χ0v) is 14.4. The largest absolute Gasteiger partial charge is 0.387 e. The molecule has 4 rings (SSSR count). The zero-order chi connectivity index (χ0) is 16.4. The molecule has 0 aromatic carbocycles. The molecule has 1 atom stereocenters. The Labute approximate surface area is 139 Å². The number of carbonyl (C=O) groups excluding carboxylic acids is 1. The van der Waals surface area contributed by atoms with E-state index in [2.05, 4.69) is 17.6 Å². The molecule has 2 N–H and O–H groups in total. The van der Waals surface area contributed by atoms with E-state index in [0.717, 1.165) is 24.2 Å². The standard InChI is InChI=1S/C19H29N3O/c1-3-4-21-18(23)17(11-20)12-22-13(2)19-8-14-5-15(9-19)7-16(6-14)10-19/h12-16,22H,3-10H2,1-2H3,(H,21,23)/b17-12-. The van der Waals surface area contributed by atoms with E-state index < -0.39 is 0 Å². The number of nitrogens with zero attached hydrogens (tertiary/aromatic N) is 1. The fraction of sp³-hybridized carbons (Fsp3) is 0.789. The molecule has 4 aliphatic carbocycles. The highest BCUT2D eigenvalue weighted by Crippen LogP contribution is 2.61. The zero-order valence-electron chi connectivity index (χ0n) is 14.4. The van der Waals surface area contributed by atoms with E-state index >= 15 is 0 Å². The van der Waals surface area contributed by atoms with Crippen molar-refractivity contribution < 1.29 is 4.79 Å². The Morgan fingerprint density at radius 2 is 1.83 bits per heavy atom. The van der Waals surface area contributed by atoms with Crippen LogP contribution in [0.15, 0.2) is 11.8 Å². The van der Waals surface area contributed by atoms with Gasteiger partial charge in [-0.2, -0.15) is 5.26 Å². The summed E-state index contributed by atoms with van der Waals surface area (Å²) in [6.07, 6.45) is 10.8. The van der Waals surface area contributed by atoms with Gasteiger partial charge in [0.25, 0.3) is 5.91 Å². The molecule has 4 bridgehead atoms. The third-order valence-electron chi connectivity index (χ3n) is 6.38. The number of nitrogens with one attached hydrogen (secondary N) is 2. The molecule has 0 radical (unpaired) electrons. The van der Waals surface area contributed by atoms with Crippen LogP contribution in [0, 0.1) is 34.5 Å². The van der Waals surface area contributed by atoms with E-state index in [9.17, 15) is 10.1 Å². The Kier molecular flexibility index (Phi) is 4.66. The number of hydrogen-bond acceptors (Lipinski definition) is 3. The van der Waals surface area contributed by atoms with Gasteiger partial charge >= 0.3 is 0 Å². The van der Waals surface area contributed by atoms with Gasteiger partial charge in [-0.05, 0) is 75.0 Å². The van der Waals surface area contributed by atoms with Gasteiger partial charge in [0, 0.05) is 18.8 Å². The predicted octanol–water partition coefficient (Wildman–Crippen LogP) is 3.11. The Hall–Kier alpha value is -1.50. The van der Waals surface area contributed by atoms with Crippen LogP contribution in [0.2, 0.25) is 0 Å². The van der Waals surface area contributed by atoms with Crippen LogP contribution in [-0.4, -0.2) is 18.5 Å². The average molecular weight is 315 g/mol. The first-order valence-corrected chi connectivity index (χ1v) is 9.21. The summed E-state index contributed by atoms with van der Waals surface area (Å²) in [5, 5.41) is 15.4. The van der Waals surface area contributed by atoms with Crippen LogP contribution in [0.1, 0.15) is 58.8 Å². The molecule has 0 aromatic heterocycles. The molecular formula is C19H29N3O. The molecule has 4 aliphatic rings. The summed E-state index contributed by atoms with van der Waals surface area (Å²) in [4.78, 5) is 12.0. The summed E-state index contributed by atoms with van der Waals surface area (Å²) < 4.78 is 0. The van der Waals surface area contributed by atoms with Crippen molar-refractivity contribution in [3.8, 4) is 6.07 Å². The van der Waals surface area contributed by atoms with Gasteiger partial charge in [-0.3, -0.25) is 4.79 Å².